The molecule has 1 aromatic rings. The van der Waals surface area contributed by atoms with E-state index in [9.17, 15) is 0 Å². The zero-order valence-electron chi connectivity index (χ0n) is 13.6. The summed E-state index contributed by atoms with van der Waals surface area (Å²) in [6.45, 7) is 7.15. The summed E-state index contributed by atoms with van der Waals surface area (Å²) in [7, 11) is 1.73. The molecule has 0 saturated heterocycles. The maximum atomic E-state index is 5.24. The topological polar surface area (TPSA) is 9.23 Å². The van der Waals surface area contributed by atoms with Gasteiger partial charge in [0.15, 0.2) is 0 Å². The molecule has 0 spiro atoms. The van der Waals surface area contributed by atoms with E-state index >= 15 is 0 Å². The van der Waals surface area contributed by atoms with E-state index in [1.54, 1.807) is 7.11 Å². The van der Waals surface area contributed by atoms with Crippen molar-refractivity contribution >= 4 is 0 Å². The van der Waals surface area contributed by atoms with Crippen LogP contribution in [0.15, 0.2) is 24.3 Å². The Hall–Kier alpha value is -0.980. The molecule has 20 heavy (non-hydrogen) atoms. The molecule has 1 heteroatoms. The van der Waals surface area contributed by atoms with Gasteiger partial charge in [0.05, 0.1) is 7.11 Å². The van der Waals surface area contributed by atoms with Gasteiger partial charge >= 0.3 is 0 Å². The lowest BCUT2D eigenvalue weighted by molar-refractivity contribution is 0.201. The van der Waals surface area contributed by atoms with Crippen molar-refractivity contribution in [2.24, 2.45) is 17.8 Å². The van der Waals surface area contributed by atoms with Gasteiger partial charge in [0.1, 0.15) is 5.75 Å². The van der Waals surface area contributed by atoms with E-state index in [4.69, 9.17) is 4.74 Å². The van der Waals surface area contributed by atoms with Crippen LogP contribution in [0.2, 0.25) is 0 Å². The molecular formula is C19H30O. The fourth-order valence-electron chi connectivity index (χ4n) is 3.72. The Kier molecular flexibility index (Phi) is 5.51. The van der Waals surface area contributed by atoms with Crippen LogP contribution in [0.4, 0.5) is 0 Å². The molecule has 3 atom stereocenters. The molecule has 0 aromatic heterocycles. The quantitative estimate of drug-likeness (QED) is 0.674. The van der Waals surface area contributed by atoms with Gasteiger partial charge in [-0.05, 0) is 54.2 Å². The first-order chi connectivity index (χ1) is 9.60. The summed E-state index contributed by atoms with van der Waals surface area (Å²) in [5, 5.41) is 0. The molecule has 1 saturated carbocycles. The molecule has 0 amide bonds. The largest absolute Gasteiger partial charge is 0.497 e. The molecule has 1 aromatic carbocycles. The average Bonchev–Trinajstić information content (AvgIpc) is 2.47. The number of rotatable bonds is 5. The summed E-state index contributed by atoms with van der Waals surface area (Å²) in [5.74, 6) is 4.36. The van der Waals surface area contributed by atoms with Crippen molar-refractivity contribution in [1.82, 2.24) is 0 Å². The minimum Gasteiger partial charge on any atom is -0.497 e. The van der Waals surface area contributed by atoms with Gasteiger partial charge in [0, 0.05) is 0 Å². The van der Waals surface area contributed by atoms with Gasteiger partial charge < -0.3 is 4.74 Å². The molecule has 1 aliphatic carbocycles. The Bertz CT molecular complexity index is 393. The van der Waals surface area contributed by atoms with E-state index in [2.05, 4.69) is 45.0 Å². The second kappa shape index (κ2) is 7.15. The van der Waals surface area contributed by atoms with Crippen molar-refractivity contribution in [2.75, 3.05) is 7.11 Å². The summed E-state index contributed by atoms with van der Waals surface area (Å²) in [6, 6.07) is 8.63. The van der Waals surface area contributed by atoms with Crippen LogP contribution < -0.4 is 4.74 Å². The Morgan fingerprint density at radius 3 is 2.40 bits per heavy atom. The van der Waals surface area contributed by atoms with E-state index < -0.39 is 0 Å². The molecule has 112 valence electrons. The average molecular weight is 274 g/mol. The Morgan fingerprint density at radius 2 is 1.80 bits per heavy atom. The van der Waals surface area contributed by atoms with Crippen LogP contribution in [0.3, 0.4) is 0 Å². The molecule has 0 N–H and O–H groups in total. The van der Waals surface area contributed by atoms with Gasteiger partial charge in [-0.15, -0.1) is 0 Å². The van der Waals surface area contributed by atoms with Crippen molar-refractivity contribution in [3.63, 3.8) is 0 Å². The van der Waals surface area contributed by atoms with Gasteiger partial charge in [-0.25, -0.2) is 0 Å². The number of ether oxygens (including phenoxy) is 1. The number of hydrogen-bond donors (Lipinski definition) is 0. The Morgan fingerprint density at radius 1 is 1.10 bits per heavy atom. The van der Waals surface area contributed by atoms with Crippen molar-refractivity contribution < 1.29 is 4.74 Å². The smallest absolute Gasteiger partial charge is 0.118 e. The summed E-state index contributed by atoms with van der Waals surface area (Å²) in [6.07, 6.45) is 7.10. The van der Waals surface area contributed by atoms with Crippen LogP contribution >= 0.6 is 0 Å². The lowest BCUT2D eigenvalue weighted by Crippen LogP contribution is -2.20. The van der Waals surface area contributed by atoms with Crippen LogP contribution in [-0.2, 0) is 0 Å². The Balaban J connectivity index is 1.91. The molecule has 1 nitrogen and oxygen atoms in total. The van der Waals surface area contributed by atoms with E-state index in [-0.39, 0.29) is 0 Å². The van der Waals surface area contributed by atoms with Gasteiger partial charge in [0.2, 0.25) is 0 Å². The van der Waals surface area contributed by atoms with Crippen molar-refractivity contribution in [3.8, 4) is 5.75 Å². The molecule has 0 unspecified atom stereocenters. The highest BCUT2D eigenvalue weighted by atomic mass is 16.5. The SMILES string of the molecule is COc1ccc([C@H](C)C[C@H]2CCC[C@@H](C(C)C)C2)cc1. The van der Waals surface area contributed by atoms with Crippen molar-refractivity contribution in [1.29, 1.82) is 0 Å². The van der Waals surface area contributed by atoms with E-state index in [1.165, 1.54) is 37.7 Å². The molecule has 0 aliphatic heterocycles. The van der Waals surface area contributed by atoms with E-state index in [0.29, 0.717) is 5.92 Å². The highest BCUT2D eigenvalue weighted by Crippen LogP contribution is 2.38. The van der Waals surface area contributed by atoms with E-state index in [1.807, 2.05) is 0 Å². The first-order valence-electron chi connectivity index (χ1n) is 8.24. The van der Waals surface area contributed by atoms with Crippen LogP contribution in [-0.4, -0.2) is 7.11 Å². The monoisotopic (exact) mass is 274 g/mol. The highest BCUT2D eigenvalue weighted by molar-refractivity contribution is 5.29. The number of methoxy groups -OCH3 is 1. The highest BCUT2D eigenvalue weighted by Gasteiger charge is 2.25. The first-order valence-corrected chi connectivity index (χ1v) is 8.24. The summed E-state index contributed by atoms with van der Waals surface area (Å²) in [4.78, 5) is 0. The van der Waals surface area contributed by atoms with Crippen LogP contribution in [0.25, 0.3) is 0 Å². The predicted molar refractivity (Wildman–Crippen MR) is 86.3 cm³/mol. The first kappa shape index (κ1) is 15.4. The summed E-state index contributed by atoms with van der Waals surface area (Å²) >= 11 is 0. The third-order valence-electron chi connectivity index (χ3n) is 5.14. The third kappa shape index (κ3) is 4.01. The maximum Gasteiger partial charge on any atom is 0.118 e. The van der Waals surface area contributed by atoms with Crippen LogP contribution in [0, 0.1) is 17.8 Å². The number of benzene rings is 1. The summed E-state index contributed by atoms with van der Waals surface area (Å²) < 4.78 is 5.24. The second-order valence-electron chi connectivity index (χ2n) is 6.95. The van der Waals surface area contributed by atoms with Gasteiger partial charge in [-0.2, -0.15) is 0 Å². The zero-order valence-corrected chi connectivity index (χ0v) is 13.6. The zero-order chi connectivity index (χ0) is 14.5. The fourth-order valence-corrected chi connectivity index (χ4v) is 3.72. The van der Waals surface area contributed by atoms with E-state index in [0.717, 1.165) is 23.5 Å². The predicted octanol–water partition coefficient (Wildman–Crippen LogP) is 5.65. The molecule has 0 bridgehead atoms. The molecule has 1 fully saturated rings. The normalized spacial score (nSPS) is 24.6. The van der Waals surface area contributed by atoms with Gasteiger partial charge in [-0.3, -0.25) is 0 Å². The maximum absolute atomic E-state index is 5.24. The van der Waals surface area contributed by atoms with Crippen LogP contribution in [0.1, 0.15) is 64.4 Å². The van der Waals surface area contributed by atoms with Crippen molar-refractivity contribution in [3.05, 3.63) is 29.8 Å². The van der Waals surface area contributed by atoms with Crippen molar-refractivity contribution in [2.45, 2.75) is 58.8 Å². The van der Waals surface area contributed by atoms with Gasteiger partial charge in [0.25, 0.3) is 0 Å². The standard InChI is InChI=1S/C19H30O/c1-14(2)18-7-5-6-16(13-18)12-15(3)17-8-10-19(20-4)11-9-17/h8-11,14-16,18H,5-7,12-13H2,1-4H3/t15-,16-,18-/m1/s1. The van der Waals surface area contributed by atoms with Crippen LogP contribution in [0.5, 0.6) is 5.75 Å². The molecule has 0 radical (unpaired) electrons. The lowest BCUT2D eigenvalue weighted by Gasteiger charge is -2.33. The minimum atomic E-state index is 0.664. The second-order valence-corrected chi connectivity index (χ2v) is 6.95. The summed E-state index contributed by atoms with van der Waals surface area (Å²) in [5.41, 5.74) is 1.46. The third-order valence-corrected chi connectivity index (χ3v) is 5.14. The molecular weight excluding hydrogens is 244 g/mol. The fraction of sp³-hybridized carbons (Fsp3) is 0.684. The molecule has 0 heterocycles. The molecule has 1 aliphatic rings. The minimum absolute atomic E-state index is 0.664. The van der Waals surface area contributed by atoms with Gasteiger partial charge in [-0.1, -0.05) is 52.2 Å². The number of hydrogen-bond acceptors (Lipinski definition) is 1. The Labute approximate surface area is 124 Å². The molecule has 2 rings (SSSR count). The lowest BCUT2D eigenvalue weighted by atomic mass is 9.73.